The van der Waals surface area contributed by atoms with Crippen LogP contribution in [0.2, 0.25) is 0 Å². The summed E-state index contributed by atoms with van der Waals surface area (Å²) in [5.74, 6) is 1.48. The van der Waals surface area contributed by atoms with Gasteiger partial charge in [0.05, 0.1) is 0 Å². The number of hydrogen-bond acceptors (Lipinski definition) is 6. The molecule has 1 N–H and O–H groups in total. The maximum Gasteiger partial charge on any atom is 0.226 e. The lowest BCUT2D eigenvalue weighted by Gasteiger charge is -2.02. The number of hydrogen-bond donors (Lipinski definition) is 1. The van der Waals surface area contributed by atoms with Gasteiger partial charge in [-0.2, -0.15) is 4.98 Å². The second-order valence-corrected chi connectivity index (χ2v) is 4.87. The molecule has 23 heavy (non-hydrogen) atoms. The predicted molar refractivity (Wildman–Crippen MR) is 83.3 cm³/mol. The van der Waals surface area contributed by atoms with Gasteiger partial charge >= 0.3 is 0 Å². The van der Waals surface area contributed by atoms with Crippen molar-refractivity contribution < 1.29 is 9.32 Å². The number of carbonyl (C=O) groups excluding carboxylic acids is 1. The molecule has 0 spiro atoms. The molecule has 3 rings (SSSR count). The lowest BCUT2D eigenvalue weighted by Crippen LogP contribution is -2.12. The summed E-state index contributed by atoms with van der Waals surface area (Å²) in [5.41, 5.74) is 0.801. The van der Waals surface area contributed by atoms with E-state index in [9.17, 15) is 4.79 Å². The molecule has 3 aromatic heterocycles. The Balaban J connectivity index is 1.48. The number of nitrogens with zero attached hydrogens (tertiary/aromatic N) is 4. The van der Waals surface area contributed by atoms with E-state index in [1.165, 1.54) is 0 Å². The van der Waals surface area contributed by atoms with Gasteiger partial charge in [0.1, 0.15) is 5.82 Å². The minimum Gasteiger partial charge on any atom is -0.339 e. The Hall–Kier alpha value is -3.09. The fraction of sp³-hybridized carbons (Fsp3) is 0.188. The first-order chi connectivity index (χ1) is 11.3. The van der Waals surface area contributed by atoms with Gasteiger partial charge < -0.3 is 9.84 Å². The van der Waals surface area contributed by atoms with Gasteiger partial charge in [-0.1, -0.05) is 11.2 Å². The van der Waals surface area contributed by atoms with Crippen LogP contribution < -0.4 is 5.32 Å². The molecule has 0 unspecified atom stereocenters. The standard InChI is InChI=1S/C16H15N5O2/c22-14(19-13-6-1-2-10-18-13)7-3-8-15-20-16(21-23-15)12-5-4-9-17-11-12/h1-2,4-6,9-11H,3,7-8H2,(H,18,19,22). The van der Waals surface area contributed by atoms with Gasteiger partial charge in [-0.15, -0.1) is 0 Å². The van der Waals surface area contributed by atoms with Crippen molar-refractivity contribution in [1.82, 2.24) is 20.1 Å². The molecule has 0 saturated carbocycles. The van der Waals surface area contributed by atoms with Crippen LogP contribution in [0.5, 0.6) is 0 Å². The van der Waals surface area contributed by atoms with Crippen molar-refractivity contribution in [2.75, 3.05) is 5.32 Å². The Labute approximate surface area is 132 Å². The maximum atomic E-state index is 11.8. The molecule has 0 aliphatic heterocycles. The average Bonchev–Trinajstić information content (AvgIpc) is 3.05. The Morgan fingerprint density at radius 3 is 2.91 bits per heavy atom. The molecule has 7 nitrogen and oxygen atoms in total. The van der Waals surface area contributed by atoms with Crippen LogP contribution in [0.3, 0.4) is 0 Å². The third kappa shape index (κ3) is 4.19. The minimum atomic E-state index is -0.0873. The number of carbonyl (C=O) groups is 1. The monoisotopic (exact) mass is 309 g/mol. The number of aryl methyl sites for hydroxylation is 1. The van der Waals surface area contributed by atoms with Crippen molar-refractivity contribution in [3.8, 4) is 11.4 Å². The number of aromatic nitrogens is 4. The number of amides is 1. The summed E-state index contributed by atoms with van der Waals surface area (Å²) in [6.07, 6.45) is 6.52. The highest BCUT2D eigenvalue weighted by Crippen LogP contribution is 2.14. The molecule has 0 saturated heterocycles. The normalized spacial score (nSPS) is 10.4. The summed E-state index contributed by atoms with van der Waals surface area (Å²) < 4.78 is 5.19. The molecular formula is C16H15N5O2. The molecule has 0 aliphatic rings. The van der Waals surface area contributed by atoms with E-state index in [0.717, 1.165) is 5.56 Å². The second kappa shape index (κ2) is 7.26. The van der Waals surface area contributed by atoms with Gasteiger partial charge in [0.15, 0.2) is 0 Å². The quantitative estimate of drug-likeness (QED) is 0.752. The Bertz CT molecular complexity index is 758. The summed E-state index contributed by atoms with van der Waals surface area (Å²) in [4.78, 5) is 24.2. The Morgan fingerprint density at radius 2 is 2.13 bits per heavy atom. The predicted octanol–water partition coefficient (Wildman–Crippen LogP) is 2.49. The highest BCUT2D eigenvalue weighted by atomic mass is 16.5. The summed E-state index contributed by atoms with van der Waals surface area (Å²) in [6, 6.07) is 9.04. The molecular weight excluding hydrogens is 294 g/mol. The SMILES string of the molecule is O=C(CCCc1nc(-c2cccnc2)no1)Nc1ccccn1. The van der Waals surface area contributed by atoms with Crippen LogP contribution in [-0.4, -0.2) is 26.0 Å². The van der Waals surface area contributed by atoms with Crippen LogP contribution in [0.4, 0.5) is 5.82 Å². The van der Waals surface area contributed by atoms with E-state index in [2.05, 4.69) is 25.4 Å². The van der Waals surface area contributed by atoms with Gasteiger partial charge in [-0.05, 0) is 30.7 Å². The zero-order chi connectivity index (χ0) is 15.9. The van der Waals surface area contributed by atoms with Gasteiger partial charge in [-0.25, -0.2) is 4.98 Å². The van der Waals surface area contributed by atoms with Crippen molar-refractivity contribution in [2.24, 2.45) is 0 Å². The first-order valence-electron chi connectivity index (χ1n) is 7.25. The molecule has 0 atom stereocenters. The zero-order valence-electron chi connectivity index (χ0n) is 12.3. The highest BCUT2D eigenvalue weighted by Gasteiger charge is 2.09. The van der Waals surface area contributed by atoms with Gasteiger partial charge in [0, 0.05) is 37.0 Å². The summed E-state index contributed by atoms with van der Waals surface area (Å²) in [7, 11) is 0. The molecule has 3 aromatic rings. The second-order valence-electron chi connectivity index (χ2n) is 4.87. The average molecular weight is 309 g/mol. The molecule has 116 valence electrons. The fourth-order valence-electron chi connectivity index (χ4n) is 2.01. The topological polar surface area (TPSA) is 93.8 Å². The molecule has 3 heterocycles. The van der Waals surface area contributed by atoms with Crippen LogP contribution in [0, 0.1) is 0 Å². The van der Waals surface area contributed by atoms with Crippen LogP contribution in [0.1, 0.15) is 18.7 Å². The summed E-state index contributed by atoms with van der Waals surface area (Å²) in [5, 5.41) is 6.65. The highest BCUT2D eigenvalue weighted by molar-refractivity contribution is 5.89. The molecule has 0 bridgehead atoms. The molecule has 0 aromatic carbocycles. The van der Waals surface area contributed by atoms with Crippen LogP contribution in [0.25, 0.3) is 11.4 Å². The Morgan fingerprint density at radius 1 is 1.17 bits per heavy atom. The largest absolute Gasteiger partial charge is 0.339 e. The van der Waals surface area contributed by atoms with Crippen molar-refractivity contribution >= 4 is 11.7 Å². The summed E-state index contributed by atoms with van der Waals surface area (Å²) >= 11 is 0. The van der Waals surface area contributed by atoms with Crippen molar-refractivity contribution in [1.29, 1.82) is 0 Å². The maximum absolute atomic E-state index is 11.8. The van der Waals surface area contributed by atoms with Crippen LogP contribution in [0.15, 0.2) is 53.4 Å². The van der Waals surface area contributed by atoms with E-state index in [-0.39, 0.29) is 5.91 Å². The third-order valence-electron chi connectivity index (χ3n) is 3.11. The first kappa shape index (κ1) is 14.8. The van der Waals surface area contributed by atoms with Gasteiger partial charge in [0.25, 0.3) is 0 Å². The third-order valence-corrected chi connectivity index (χ3v) is 3.11. The van der Waals surface area contributed by atoms with E-state index in [1.54, 1.807) is 30.7 Å². The van der Waals surface area contributed by atoms with Crippen LogP contribution in [-0.2, 0) is 11.2 Å². The fourth-order valence-corrected chi connectivity index (χ4v) is 2.01. The van der Waals surface area contributed by atoms with E-state index in [1.807, 2.05) is 18.2 Å². The smallest absolute Gasteiger partial charge is 0.226 e. The first-order valence-corrected chi connectivity index (χ1v) is 7.25. The van der Waals surface area contributed by atoms with Crippen molar-refractivity contribution in [3.05, 3.63) is 54.8 Å². The van der Waals surface area contributed by atoms with Crippen molar-refractivity contribution in [3.63, 3.8) is 0 Å². The van der Waals surface area contributed by atoms with E-state index < -0.39 is 0 Å². The number of pyridine rings is 2. The van der Waals surface area contributed by atoms with Gasteiger partial charge in [-0.3, -0.25) is 9.78 Å². The van der Waals surface area contributed by atoms with E-state index >= 15 is 0 Å². The number of anilines is 1. The summed E-state index contributed by atoms with van der Waals surface area (Å²) in [6.45, 7) is 0. The molecule has 0 aliphatic carbocycles. The van der Waals surface area contributed by atoms with Crippen molar-refractivity contribution in [2.45, 2.75) is 19.3 Å². The number of rotatable bonds is 6. The van der Waals surface area contributed by atoms with Crippen LogP contribution >= 0.6 is 0 Å². The lowest BCUT2D eigenvalue weighted by atomic mass is 10.2. The number of nitrogens with one attached hydrogen (secondary N) is 1. The Kier molecular flexibility index (Phi) is 4.68. The molecule has 1 amide bonds. The van der Waals surface area contributed by atoms with E-state index in [0.29, 0.717) is 36.8 Å². The molecule has 0 fully saturated rings. The minimum absolute atomic E-state index is 0.0873. The van der Waals surface area contributed by atoms with Gasteiger partial charge in [0.2, 0.25) is 17.6 Å². The lowest BCUT2D eigenvalue weighted by molar-refractivity contribution is -0.116. The molecule has 7 heteroatoms. The molecule has 0 radical (unpaired) electrons. The van der Waals surface area contributed by atoms with E-state index in [4.69, 9.17) is 4.52 Å². The zero-order valence-corrected chi connectivity index (χ0v) is 12.3.